The van der Waals surface area contributed by atoms with Crippen molar-refractivity contribution in [3.05, 3.63) is 76.5 Å². The molecule has 2 heterocycles. The first-order chi connectivity index (χ1) is 14.4. The number of hydrogen-bond acceptors (Lipinski definition) is 4. The Kier molecular flexibility index (Phi) is 5.67. The number of aromatic nitrogens is 2. The van der Waals surface area contributed by atoms with E-state index in [1.165, 1.54) is 6.07 Å². The quantitative estimate of drug-likeness (QED) is 0.673. The normalized spacial score (nSPS) is 15.8. The van der Waals surface area contributed by atoms with Gasteiger partial charge in [-0.25, -0.2) is 8.78 Å². The highest BCUT2D eigenvalue weighted by Gasteiger charge is 2.29. The van der Waals surface area contributed by atoms with E-state index in [0.29, 0.717) is 30.0 Å². The van der Waals surface area contributed by atoms with Crippen LogP contribution in [0.2, 0.25) is 0 Å². The molecule has 8 heteroatoms. The molecule has 1 aromatic carbocycles. The molecule has 0 unspecified atom stereocenters. The highest BCUT2D eigenvalue weighted by Crippen LogP contribution is 2.26. The van der Waals surface area contributed by atoms with Gasteiger partial charge in [0.15, 0.2) is 17.3 Å². The van der Waals surface area contributed by atoms with E-state index in [1.54, 1.807) is 35.0 Å². The molecule has 1 aliphatic rings. The summed E-state index contributed by atoms with van der Waals surface area (Å²) in [5.41, 5.74) is 2.68. The van der Waals surface area contributed by atoms with Crippen LogP contribution in [0.25, 0.3) is 0 Å². The van der Waals surface area contributed by atoms with E-state index in [9.17, 15) is 13.6 Å². The van der Waals surface area contributed by atoms with Crippen molar-refractivity contribution < 1.29 is 18.0 Å². The lowest BCUT2D eigenvalue weighted by Crippen LogP contribution is -2.35. The molecule has 1 N–H and O–H groups in total. The number of halogens is 2. The molecule has 158 valence electrons. The Balaban J connectivity index is 1.47. The number of furan rings is 1. The SMILES string of the molecule is CN(Cc1ccco1)C(=O)c1nn(C)c2c1C[C@H](NCc1cccc(F)c1F)CC2. The lowest BCUT2D eigenvalue weighted by Gasteiger charge is -2.25. The predicted molar refractivity (Wildman–Crippen MR) is 107 cm³/mol. The van der Waals surface area contributed by atoms with Gasteiger partial charge in [0.25, 0.3) is 5.91 Å². The van der Waals surface area contributed by atoms with E-state index in [4.69, 9.17) is 4.42 Å². The maximum Gasteiger partial charge on any atom is 0.274 e. The van der Waals surface area contributed by atoms with Crippen molar-refractivity contribution in [2.24, 2.45) is 7.05 Å². The summed E-state index contributed by atoms with van der Waals surface area (Å²) < 4.78 is 34.5. The van der Waals surface area contributed by atoms with Crippen LogP contribution in [0, 0.1) is 11.6 Å². The van der Waals surface area contributed by atoms with E-state index >= 15 is 0 Å². The Hall–Kier alpha value is -3.00. The average molecular weight is 414 g/mol. The number of benzene rings is 1. The van der Waals surface area contributed by atoms with Crippen molar-refractivity contribution >= 4 is 5.91 Å². The number of carbonyl (C=O) groups is 1. The number of nitrogens with zero attached hydrogens (tertiary/aromatic N) is 3. The minimum Gasteiger partial charge on any atom is -0.467 e. The third kappa shape index (κ3) is 4.00. The second kappa shape index (κ2) is 8.39. The zero-order chi connectivity index (χ0) is 21.3. The van der Waals surface area contributed by atoms with E-state index in [0.717, 1.165) is 30.2 Å². The molecule has 6 nitrogen and oxygen atoms in total. The van der Waals surface area contributed by atoms with Gasteiger partial charge in [0, 0.05) is 43.5 Å². The Morgan fingerprint density at radius 3 is 2.93 bits per heavy atom. The molecule has 0 fully saturated rings. The molecule has 0 radical (unpaired) electrons. The Bertz CT molecular complexity index is 1050. The second-order valence-corrected chi connectivity index (χ2v) is 7.67. The van der Waals surface area contributed by atoms with Gasteiger partial charge in [0.05, 0.1) is 12.8 Å². The van der Waals surface area contributed by atoms with Crippen LogP contribution in [-0.4, -0.2) is 33.7 Å². The summed E-state index contributed by atoms with van der Waals surface area (Å²) in [5.74, 6) is -1.13. The van der Waals surface area contributed by atoms with Crippen molar-refractivity contribution in [1.29, 1.82) is 0 Å². The first-order valence-corrected chi connectivity index (χ1v) is 9.93. The molecule has 0 bridgehead atoms. The summed E-state index contributed by atoms with van der Waals surface area (Å²) in [7, 11) is 3.56. The molecule has 0 spiro atoms. The van der Waals surface area contributed by atoms with Gasteiger partial charge in [-0.1, -0.05) is 12.1 Å². The number of aryl methyl sites for hydroxylation is 1. The van der Waals surface area contributed by atoms with Gasteiger partial charge < -0.3 is 14.6 Å². The van der Waals surface area contributed by atoms with E-state index in [1.807, 2.05) is 13.1 Å². The molecule has 0 aliphatic heterocycles. The highest BCUT2D eigenvalue weighted by molar-refractivity contribution is 5.94. The van der Waals surface area contributed by atoms with E-state index in [2.05, 4.69) is 10.4 Å². The van der Waals surface area contributed by atoms with Crippen molar-refractivity contribution in [2.45, 2.75) is 38.4 Å². The predicted octanol–water partition coefficient (Wildman–Crippen LogP) is 3.21. The first kappa shape index (κ1) is 20.3. The summed E-state index contributed by atoms with van der Waals surface area (Å²) in [6, 6.07) is 7.84. The third-order valence-corrected chi connectivity index (χ3v) is 5.59. The molecule has 0 saturated heterocycles. The van der Waals surface area contributed by atoms with Crippen LogP contribution in [0.15, 0.2) is 41.0 Å². The molecular formula is C22H24F2N4O2. The molecular weight excluding hydrogens is 390 g/mol. The van der Waals surface area contributed by atoms with Crippen LogP contribution in [-0.2, 0) is 33.0 Å². The number of hydrogen-bond donors (Lipinski definition) is 1. The minimum atomic E-state index is -0.847. The second-order valence-electron chi connectivity index (χ2n) is 7.67. The summed E-state index contributed by atoms with van der Waals surface area (Å²) in [6.45, 7) is 0.587. The van der Waals surface area contributed by atoms with Gasteiger partial charge >= 0.3 is 0 Å². The van der Waals surface area contributed by atoms with Gasteiger partial charge in [-0.05, 0) is 37.5 Å². The van der Waals surface area contributed by atoms with Crippen LogP contribution >= 0.6 is 0 Å². The Morgan fingerprint density at radius 1 is 1.33 bits per heavy atom. The summed E-state index contributed by atoms with van der Waals surface area (Å²) in [6.07, 6.45) is 3.78. The number of amides is 1. The van der Waals surface area contributed by atoms with Crippen LogP contribution in [0.5, 0.6) is 0 Å². The monoisotopic (exact) mass is 414 g/mol. The van der Waals surface area contributed by atoms with Crippen molar-refractivity contribution in [1.82, 2.24) is 20.0 Å². The zero-order valence-electron chi connectivity index (χ0n) is 17.0. The first-order valence-electron chi connectivity index (χ1n) is 9.93. The van der Waals surface area contributed by atoms with Crippen LogP contribution in [0.3, 0.4) is 0 Å². The summed E-state index contributed by atoms with van der Waals surface area (Å²) in [4.78, 5) is 14.6. The Morgan fingerprint density at radius 2 is 2.17 bits per heavy atom. The lowest BCUT2D eigenvalue weighted by molar-refractivity contribution is 0.0767. The van der Waals surface area contributed by atoms with Crippen LogP contribution in [0.4, 0.5) is 8.78 Å². The summed E-state index contributed by atoms with van der Waals surface area (Å²) >= 11 is 0. The molecule has 1 atom stereocenters. The fourth-order valence-electron chi connectivity index (χ4n) is 3.96. The third-order valence-electron chi connectivity index (χ3n) is 5.59. The van der Waals surface area contributed by atoms with Gasteiger partial charge in [0.1, 0.15) is 5.76 Å². The largest absolute Gasteiger partial charge is 0.467 e. The fourth-order valence-corrected chi connectivity index (χ4v) is 3.96. The molecule has 2 aromatic heterocycles. The topological polar surface area (TPSA) is 63.3 Å². The number of nitrogens with one attached hydrogen (secondary N) is 1. The van der Waals surface area contributed by atoms with E-state index in [-0.39, 0.29) is 18.5 Å². The smallest absolute Gasteiger partial charge is 0.274 e. The standard InChI is InChI=1S/C22H24F2N4O2/c1-27(13-16-6-4-10-30-16)22(29)21-17-11-15(8-9-19(17)28(2)26-21)25-12-14-5-3-7-18(23)20(14)24/h3-7,10,15,25H,8-9,11-13H2,1-2H3/t15-/m1/s1. The van der Waals surface area contributed by atoms with Gasteiger partial charge in [-0.3, -0.25) is 9.48 Å². The molecule has 1 aliphatic carbocycles. The molecule has 3 aromatic rings. The van der Waals surface area contributed by atoms with Gasteiger partial charge in [-0.2, -0.15) is 5.10 Å². The number of rotatable bonds is 6. The van der Waals surface area contributed by atoms with E-state index < -0.39 is 11.6 Å². The Labute approximate surface area is 173 Å². The molecule has 4 rings (SSSR count). The summed E-state index contributed by atoms with van der Waals surface area (Å²) in [5, 5.41) is 7.78. The van der Waals surface area contributed by atoms with Gasteiger partial charge in [-0.15, -0.1) is 0 Å². The number of fused-ring (bicyclic) bond motifs is 1. The number of carbonyl (C=O) groups excluding carboxylic acids is 1. The maximum absolute atomic E-state index is 13.9. The fraction of sp³-hybridized carbons (Fsp3) is 0.364. The van der Waals surface area contributed by atoms with Crippen LogP contribution < -0.4 is 5.32 Å². The van der Waals surface area contributed by atoms with Crippen molar-refractivity contribution in [2.75, 3.05) is 7.05 Å². The lowest BCUT2D eigenvalue weighted by atomic mass is 9.91. The molecule has 1 amide bonds. The van der Waals surface area contributed by atoms with Crippen molar-refractivity contribution in [3.8, 4) is 0 Å². The maximum atomic E-state index is 13.9. The van der Waals surface area contributed by atoms with Crippen molar-refractivity contribution in [3.63, 3.8) is 0 Å². The zero-order valence-corrected chi connectivity index (χ0v) is 17.0. The average Bonchev–Trinajstić information content (AvgIpc) is 3.36. The molecule has 30 heavy (non-hydrogen) atoms. The van der Waals surface area contributed by atoms with Gasteiger partial charge in [0.2, 0.25) is 0 Å². The highest BCUT2D eigenvalue weighted by atomic mass is 19.2. The minimum absolute atomic E-state index is 0.0475. The van der Waals surface area contributed by atoms with Crippen LogP contribution in [0.1, 0.15) is 39.5 Å². The molecule has 0 saturated carbocycles.